The molecule has 17 heavy (non-hydrogen) atoms. The van der Waals surface area contributed by atoms with Crippen LogP contribution in [0.5, 0.6) is 0 Å². The standard InChI is InChI=1S/C13H20N2OS/c1-10-15-11(8-17-10)7-12(16)13(9-14)5-3-2-4-6-13/h8H,2-7,9,14H2,1H3. The van der Waals surface area contributed by atoms with Gasteiger partial charge in [0.05, 0.1) is 17.1 Å². The van der Waals surface area contributed by atoms with E-state index in [9.17, 15) is 4.79 Å². The Labute approximate surface area is 106 Å². The molecule has 1 fully saturated rings. The predicted octanol–water partition coefficient (Wildman–Crippen LogP) is 2.47. The maximum Gasteiger partial charge on any atom is 0.146 e. The molecule has 94 valence electrons. The second kappa shape index (κ2) is 5.27. The first kappa shape index (κ1) is 12.7. The van der Waals surface area contributed by atoms with Crippen molar-refractivity contribution in [1.82, 2.24) is 4.98 Å². The highest BCUT2D eigenvalue weighted by atomic mass is 32.1. The van der Waals surface area contributed by atoms with Crippen LogP contribution in [-0.2, 0) is 11.2 Å². The third-order valence-corrected chi connectivity index (χ3v) is 4.62. The fourth-order valence-corrected chi connectivity index (χ4v) is 3.28. The van der Waals surface area contributed by atoms with Crippen LogP contribution in [0.1, 0.15) is 42.8 Å². The first-order valence-electron chi connectivity index (χ1n) is 6.31. The van der Waals surface area contributed by atoms with Crippen LogP contribution in [0.4, 0.5) is 0 Å². The average Bonchev–Trinajstić information content (AvgIpc) is 2.75. The summed E-state index contributed by atoms with van der Waals surface area (Å²) < 4.78 is 0. The molecule has 3 nitrogen and oxygen atoms in total. The number of nitrogens with zero attached hydrogens (tertiary/aromatic N) is 1. The number of hydrogen-bond acceptors (Lipinski definition) is 4. The highest BCUT2D eigenvalue weighted by Gasteiger charge is 2.37. The molecule has 0 spiro atoms. The molecule has 0 aromatic carbocycles. The summed E-state index contributed by atoms with van der Waals surface area (Å²) in [6.45, 7) is 2.47. The van der Waals surface area contributed by atoms with Gasteiger partial charge in [0.2, 0.25) is 0 Å². The van der Waals surface area contributed by atoms with Crippen LogP contribution >= 0.6 is 11.3 Å². The number of hydrogen-bond donors (Lipinski definition) is 1. The molecule has 0 bridgehead atoms. The minimum atomic E-state index is -0.254. The number of aromatic nitrogens is 1. The van der Waals surface area contributed by atoms with E-state index in [1.807, 2.05) is 12.3 Å². The van der Waals surface area contributed by atoms with Crippen molar-refractivity contribution in [2.24, 2.45) is 11.1 Å². The van der Waals surface area contributed by atoms with Crippen LogP contribution in [0, 0.1) is 12.3 Å². The van der Waals surface area contributed by atoms with Crippen LogP contribution in [0.25, 0.3) is 0 Å². The first-order valence-corrected chi connectivity index (χ1v) is 7.19. The summed E-state index contributed by atoms with van der Waals surface area (Å²) in [5.74, 6) is 0.296. The Morgan fingerprint density at radius 3 is 2.71 bits per heavy atom. The van der Waals surface area contributed by atoms with Gasteiger partial charge in [-0.1, -0.05) is 19.3 Å². The molecule has 2 rings (SSSR count). The molecule has 0 radical (unpaired) electrons. The van der Waals surface area contributed by atoms with Crippen molar-refractivity contribution in [3.63, 3.8) is 0 Å². The van der Waals surface area contributed by atoms with E-state index in [-0.39, 0.29) is 5.41 Å². The van der Waals surface area contributed by atoms with Crippen molar-refractivity contribution in [3.8, 4) is 0 Å². The maximum atomic E-state index is 12.4. The smallest absolute Gasteiger partial charge is 0.146 e. The number of nitrogens with two attached hydrogens (primary N) is 1. The van der Waals surface area contributed by atoms with Gasteiger partial charge in [0.25, 0.3) is 0 Å². The fourth-order valence-electron chi connectivity index (χ4n) is 2.67. The van der Waals surface area contributed by atoms with Gasteiger partial charge >= 0.3 is 0 Å². The van der Waals surface area contributed by atoms with Crippen LogP contribution < -0.4 is 5.73 Å². The molecule has 1 aliphatic rings. The van der Waals surface area contributed by atoms with Crippen molar-refractivity contribution >= 4 is 17.1 Å². The molecule has 4 heteroatoms. The fraction of sp³-hybridized carbons (Fsp3) is 0.692. The summed E-state index contributed by atoms with van der Waals surface area (Å²) in [6.07, 6.45) is 5.90. The van der Waals surface area contributed by atoms with Crippen molar-refractivity contribution in [2.75, 3.05) is 6.54 Å². The molecule has 1 saturated carbocycles. The lowest BCUT2D eigenvalue weighted by Crippen LogP contribution is -2.41. The lowest BCUT2D eigenvalue weighted by atomic mass is 9.70. The molecule has 1 heterocycles. The van der Waals surface area contributed by atoms with Gasteiger partial charge in [0.1, 0.15) is 5.78 Å². The van der Waals surface area contributed by atoms with Crippen molar-refractivity contribution in [3.05, 3.63) is 16.1 Å². The second-order valence-corrected chi connectivity index (χ2v) is 6.07. The number of rotatable bonds is 4. The van der Waals surface area contributed by atoms with E-state index in [0.717, 1.165) is 36.4 Å². The highest BCUT2D eigenvalue weighted by molar-refractivity contribution is 7.09. The van der Waals surface area contributed by atoms with E-state index in [1.54, 1.807) is 11.3 Å². The van der Waals surface area contributed by atoms with Gasteiger partial charge in [-0.2, -0.15) is 0 Å². The first-order chi connectivity index (χ1) is 8.16. The average molecular weight is 252 g/mol. The molecular weight excluding hydrogens is 232 g/mol. The number of thiazole rings is 1. The Hall–Kier alpha value is -0.740. The van der Waals surface area contributed by atoms with Crippen LogP contribution in [0.15, 0.2) is 5.38 Å². The zero-order valence-corrected chi connectivity index (χ0v) is 11.2. The minimum absolute atomic E-state index is 0.254. The second-order valence-electron chi connectivity index (χ2n) is 5.00. The normalized spacial score (nSPS) is 19.2. The van der Waals surface area contributed by atoms with Crippen molar-refractivity contribution in [2.45, 2.75) is 45.4 Å². The quantitative estimate of drug-likeness (QED) is 0.895. The van der Waals surface area contributed by atoms with E-state index < -0.39 is 0 Å². The number of carbonyl (C=O) groups excluding carboxylic acids is 1. The van der Waals surface area contributed by atoms with E-state index in [1.165, 1.54) is 6.42 Å². The van der Waals surface area contributed by atoms with Crippen LogP contribution in [0.3, 0.4) is 0 Å². The summed E-state index contributed by atoms with van der Waals surface area (Å²) >= 11 is 1.60. The zero-order valence-electron chi connectivity index (χ0n) is 10.4. The number of ketones is 1. The Bertz CT molecular complexity index is 394. The van der Waals surface area contributed by atoms with Gasteiger partial charge in [0, 0.05) is 17.3 Å². The molecule has 0 aliphatic heterocycles. The molecule has 0 unspecified atom stereocenters. The van der Waals surface area contributed by atoms with E-state index >= 15 is 0 Å². The highest BCUT2D eigenvalue weighted by Crippen LogP contribution is 2.37. The number of carbonyl (C=O) groups is 1. The maximum absolute atomic E-state index is 12.4. The van der Waals surface area contributed by atoms with Gasteiger partial charge in [-0.3, -0.25) is 4.79 Å². The molecular formula is C13H20N2OS. The Morgan fingerprint density at radius 2 is 2.18 bits per heavy atom. The van der Waals surface area contributed by atoms with Gasteiger partial charge in [-0.05, 0) is 19.8 Å². The molecule has 0 saturated heterocycles. The van der Waals surface area contributed by atoms with Crippen molar-refractivity contribution < 1.29 is 4.79 Å². The summed E-state index contributed by atoms with van der Waals surface area (Å²) in [5, 5.41) is 3.01. The Kier molecular flexibility index (Phi) is 3.94. The monoisotopic (exact) mass is 252 g/mol. The molecule has 2 N–H and O–H groups in total. The van der Waals surface area contributed by atoms with Crippen LogP contribution in [0.2, 0.25) is 0 Å². The molecule has 1 aliphatic carbocycles. The number of Topliss-reactive ketones (excluding diaryl/α,β-unsaturated/α-hetero) is 1. The molecule has 0 amide bonds. The largest absolute Gasteiger partial charge is 0.329 e. The third kappa shape index (κ3) is 2.75. The summed E-state index contributed by atoms with van der Waals surface area (Å²) in [4.78, 5) is 16.8. The third-order valence-electron chi connectivity index (χ3n) is 3.80. The van der Waals surface area contributed by atoms with Gasteiger partial charge in [0.15, 0.2) is 0 Å². The SMILES string of the molecule is Cc1nc(CC(=O)C2(CN)CCCCC2)cs1. The number of aryl methyl sites for hydroxylation is 1. The van der Waals surface area contributed by atoms with Crippen molar-refractivity contribution in [1.29, 1.82) is 0 Å². The summed E-state index contributed by atoms with van der Waals surface area (Å²) in [5.41, 5.74) is 6.52. The zero-order chi connectivity index (χ0) is 12.3. The Morgan fingerprint density at radius 1 is 1.47 bits per heavy atom. The van der Waals surface area contributed by atoms with Gasteiger partial charge in [-0.15, -0.1) is 11.3 Å². The van der Waals surface area contributed by atoms with E-state index in [2.05, 4.69) is 4.98 Å². The lowest BCUT2D eigenvalue weighted by molar-refractivity contribution is -0.129. The van der Waals surface area contributed by atoms with Gasteiger partial charge in [-0.25, -0.2) is 4.98 Å². The predicted molar refractivity (Wildman–Crippen MR) is 70.1 cm³/mol. The minimum Gasteiger partial charge on any atom is -0.329 e. The van der Waals surface area contributed by atoms with Crippen LogP contribution in [-0.4, -0.2) is 17.3 Å². The van der Waals surface area contributed by atoms with E-state index in [4.69, 9.17) is 5.73 Å². The molecule has 1 aromatic rings. The topological polar surface area (TPSA) is 56.0 Å². The summed E-state index contributed by atoms with van der Waals surface area (Å²) in [6, 6.07) is 0. The lowest BCUT2D eigenvalue weighted by Gasteiger charge is -2.34. The van der Waals surface area contributed by atoms with E-state index in [0.29, 0.717) is 18.7 Å². The molecule has 1 aromatic heterocycles. The summed E-state index contributed by atoms with van der Waals surface area (Å²) in [7, 11) is 0. The van der Waals surface area contributed by atoms with Gasteiger partial charge < -0.3 is 5.73 Å². The Balaban J connectivity index is 2.07. The molecule has 0 atom stereocenters.